The zero-order valence-corrected chi connectivity index (χ0v) is 10.1. The fraction of sp³-hybridized carbons (Fsp3) is 0.200. The molecule has 0 amide bonds. The smallest absolute Gasteiger partial charge is 0.119 e. The van der Waals surface area contributed by atoms with Crippen LogP contribution in [0.25, 0.3) is 0 Å². The average molecular weight is 228 g/mol. The summed E-state index contributed by atoms with van der Waals surface area (Å²) in [7, 11) is 1.64. The van der Waals surface area contributed by atoms with E-state index in [1.165, 1.54) is 0 Å². The van der Waals surface area contributed by atoms with Gasteiger partial charge in [-0.2, -0.15) is 0 Å². The summed E-state index contributed by atoms with van der Waals surface area (Å²) < 4.78 is 5.15. The standard InChI is InChI=1S/C15H16O2/c1-11-10-13(17-2)8-9-14(11)15(16)12-6-4-3-5-7-12/h3-10,15-16H,1-2H3. The fourth-order valence-corrected chi connectivity index (χ4v) is 1.90. The molecule has 88 valence electrons. The minimum absolute atomic E-state index is 0.581. The molecule has 2 rings (SSSR count). The van der Waals surface area contributed by atoms with E-state index in [9.17, 15) is 5.11 Å². The van der Waals surface area contributed by atoms with Crippen molar-refractivity contribution in [2.45, 2.75) is 13.0 Å². The summed E-state index contributed by atoms with van der Waals surface area (Å²) in [5.41, 5.74) is 2.85. The van der Waals surface area contributed by atoms with Gasteiger partial charge in [0, 0.05) is 0 Å². The first-order valence-electron chi connectivity index (χ1n) is 5.60. The van der Waals surface area contributed by atoms with E-state index in [-0.39, 0.29) is 0 Å². The van der Waals surface area contributed by atoms with E-state index < -0.39 is 6.10 Å². The maximum absolute atomic E-state index is 10.3. The van der Waals surface area contributed by atoms with Gasteiger partial charge in [0.25, 0.3) is 0 Å². The van der Waals surface area contributed by atoms with E-state index in [0.717, 1.165) is 22.4 Å². The second kappa shape index (κ2) is 5.02. The Balaban J connectivity index is 2.34. The van der Waals surface area contributed by atoms with Crippen LogP contribution in [0.2, 0.25) is 0 Å². The molecule has 2 heteroatoms. The SMILES string of the molecule is COc1ccc(C(O)c2ccccc2)c(C)c1. The van der Waals surface area contributed by atoms with Gasteiger partial charge in [0.15, 0.2) is 0 Å². The molecule has 17 heavy (non-hydrogen) atoms. The second-order valence-corrected chi connectivity index (χ2v) is 4.04. The Labute approximate surface area is 101 Å². The van der Waals surface area contributed by atoms with Gasteiger partial charge in [0.05, 0.1) is 7.11 Å². The van der Waals surface area contributed by atoms with Crippen molar-refractivity contribution < 1.29 is 9.84 Å². The first kappa shape index (κ1) is 11.7. The largest absolute Gasteiger partial charge is 0.497 e. The van der Waals surface area contributed by atoms with E-state index in [4.69, 9.17) is 4.74 Å². The highest BCUT2D eigenvalue weighted by atomic mass is 16.5. The Morgan fingerprint density at radius 2 is 1.76 bits per heavy atom. The summed E-state index contributed by atoms with van der Waals surface area (Å²) in [5.74, 6) is 0.812. The molecule has 1 atom stereocenters. The third-order valence-corrected chi connectivity index (χ3v) is 2.89. The van der Waals surface area contributed by atoms with Crippen molar-refractivity contribution in [3.63, 3.8) is 0 Å². The minimum Gasteiger partial charge on any atom is -0.497 e. The molecule has 0 aromatic heterocycles. The summed E-state index contributed by atoms with van der Waals surface area (Å²) in [6.45, 7) is 1.98. The first-order valence-corrected chi connectivity index (χ1v) is 5.60. The van der Waals surface area contributed by atoms with Gasteiger partial charge < -0.3 is 9.84 Å². The van der Waals surface area contributed by atoms with Crippen LogP contribution in [0.15, 0.2) is 48.5 Å². The normalized spacial score (nSPS) is 12.2. The van der Waals surface area contributed by atoms with Crippen LogP contribution < -0.4 is 4.74 Å². The lowest BCUT2D eigenvalue weighted by Gasteiger charge is -2.14. The van der Waals surface area contributed by atoms with Crippen LogP contribution in [0.1, 0.15) is 22.8 Å². The van der Waals surface area contributed by atoms with E-state index in [1.807, 2.05) is 55.5 Å². The van der Waals surface area contributed by atoms with E-state index in [2.05, 4.69) is 0 Å². The number of methoxy groups -OCH3 is 1. The zero-order chi connectivity index (χ0) is 12.3. The van der Waals surface area contributed by atoms with Gasteiger partial charge in [0.2, 0.25) is 0 Å². The molecule has 0 saturated heterocycles. The highest BCUT2D eigenvalue weighted by molar-refractivity contribution is 5.39. The summed E-state index contributed by atoms with van der Waals surface area (Å²) in [4.78, 5) is 0. The third-order valence-electron chi connectivity index (χ3n) is 2.89. The molecule has 2 aromatic rings. The van der Waals surface area contributed by atoms with Crippen LogP contribution in [0.3, 0.4) is 0 Å². The van der Waals surface area contributed by atoms with Crippen LogP contribution in [0.4, 0.5) is 0 Å². The molecule has 0 saturated carbocycles. The Hall–Kier alpha value is -1.80. The second-order valence-electron chi connectivity index (χ2n) is 4.04. The summed E-state index contributed by atoms with van der Waals surface area (Å²) in [5, 5.41) is 10.3. The molecule has 0 bridgehead atoms. The van der Waals surface area contributed by atoms with Gasteiger partial charge in [0.1, 0.15) is 11.9 Å². The van der Waals surface area contributed by atoms with E-state index >= 15 is 0 Å². The fourth-order valence-electron chi connectivity index (χ4n) is 1.90. The van der Waals surface area contributed by atoms with Crippen molar-refractivity contribution in [1.29, 1.82) is 0 Å². The van der Waals surface area contributed by atoms with E-state index in [1.54, 1.807) is 7.11 Å². The summed E-state index contributed by atoms with van der Waals surface area (Å²) in [6, 6.07) is 15.4. The molecule has 0 heterocycles. The van der Waals surface area contributed by atoms with Crippen molar-refractivity contribution in [3.8, 4) is 5.75 Å². The van der Waals surface area contributed by atoms with Crippen LogP contribution in [0.5, 0.6) is 5.75 Å². The van der Waals surface area contributed by atoms with Gasteiger partial charge >= 0.3 is 0 Å². The summed E-state index contributed by atoms with van der Waals surface area (Å²) in [6.07, 6.45) is -0.581. The number of aliphatic hydroxyl groups excluding tert-OH is 1. The topological polar surface area (TPSA) is 29.5 Å². The molecular weight excluding hydrogens is 212 g/mol. The minimum atomic E-state index is -0.581. The predicted molar refractivity (Wildman–Crippen MR) is 68.2 cm³/mol. The number of benzene rings is 2. The van der Waals surface area contributed by atoms with Crippen LogP contribution >= 0.6 is 0 Å². The van der Waals surface area contributed by atoms with Crippen molar-refractivity contribution in [2.24, 2.45) is 0 Å². The maximum atomic E-state index is 10.3. The molecule has 1 N–H and O–H groups in total. The van der Waals surface area contributed by atoms with Crippen molar-refractivity contribution in [3.05, 3.63) is 65.2 Å². The Morgan fingerprint density at radius 3 is 2.35 bits per heavy atom. The number of hydrogen-bond donors (Lipinski definition) is 1. The Kier molecular flexibility index (Phi) is 3.45. The number of rotatable bonds is 3. The van der Waals surface area contributed by atoms with Gasteiger partial charge in [-0.1, -0.05) is 36.4 Å². The molecule has 0 aliphatic heterocycles. The Morgan fingerprint density at radius 1 is 1.06 bits per heavy atom. The maximum Gasteiger partial charge on any atom is 0.119 e. The quantitative estimate of drug-likeness (QED) is 0.874. The Bertz CT molecular complexity index is 492. The molecule has 2 nitrogen and oxygen atoms in total. The predicted octanol–water partition coefficient (Wildman–Crippen LogP) is 3.09. The molecule has 2 aromatic carbocycles. The highest BCUT2D eigenvalue weighted by Gasteiger charge is 2.12. The number of ether oxygens (including phenoxy) is 1. The van der Waals surface area contributed by atoms with Gasteiger partial charge in [-0.25, -0.2) is 0 Å². The lowest BCUT2D eigenvalue weighted by molar-refractivity contribution is 0.219. The lowest BCUT2D eigenvalue weighted by atomic mass is 9.97. The molecule has 1 unspecified atom stereocenters. The van der Waals surface area contributed by atoms with Crippen LogP contribution in [-0.4, -0.2) is 12.2 Å². The van der Waals surface area contributed by atoms with Crippen LogP contribution in [-0.2, 0) is 0 Å². The highest BCUT2D eigenvalue weighted by Crippen LogP contribution is 2.27. The van der Waals surface area contributed by atoms with Crippen molar-refractivity contribution in [2.75, 3.05) is 7.11 Å². The van der Waals surface area contributed by atoms with Crippen molar-refractivity contribution >= 4 is 0 Å². The van der Waals surface area contributed by atoms with Gasteiger partial charge in [-0.05, 0) is 35.7 Å². The molecule has 0 aliphatic rings. The number of aliphatic hydroxyl groups is 1. The summed E-state index contributed by atoms with van der Waals surface area (Å²) >= 11 is 0. The monoisotopic (exact) mass is 228 g/mol. The number of aryl methyl sites for hydroxylation is 1. The third kappa shape index (κ3) is 2.48. The average Bonchev–Trinajstić information content (AvgIpc) is 2.39. The molecule has 0 fully saturated rings. The lowest BCUT2D eigenvalue weighted by Crippen LogP contribution is -2.02. The molecule has 0 spiro atoms. The van der Waals surface area contributed by atoms with Crippen LogP contribution in [0, 0.1) is 6.92 Å². The van der Waals surface area contributed by atoms with Crippen molar-refractivity contribution in [1.82, 2.24) is 0 Å². The molecule has 0 aliphatic carbocycles. The van der Waals surface area contributed by atoms with E-state index in [0.29, 0.717) is 0 Å². The first-order chi connectivity index (χ1) is 8.22. The zero-order valence-electron chi connectivity index (χ0n) is 10.1. The molecule has 0 radical (unpaired) electrons. The number of hydrogen-bond acceptors (Lipinski definition) is 2. The van der Waals surface area contributed by atoms with Gasteiger partial charge in [-0.15, -0.1) is 0 Å². The molecular formula is C15H16O2. The van der Waals surface area contributed by atoms with Gasteiger partial charge in [-0.3, -0.25) is 0 Å².